The van der Waals surface area contributed by atoms with Crippen molar-refractivity contribution in [2.45, 2.75) is 26.5 Å². The van der Waals surface area contributed by atoms with Gasteiger partial charge in [0.15, 0.2) is 5.65 Å². The maximum absolute atomic E-state index is 12.4. The Hall–Kier alpha value is -3.66. The second-order valence-electron chi connectivity index (χ2n) is 6.53. The van der Waals surface area contributed by atoms with Crippen LogP contribution in [0, 0.1) is 11.3 Å². The molecule has 4 rings (SSSR count). The molecule has 0 amide bonds. The van der Waals surface area contributed by atoms with Gasteiger partial charge in [0.1, 0.15) is 12.7 Å². The Balaban J connectivity index is 1.56. The molecule has 0 atom stereocenters. The third-order valence-corrected chi connectivity index (χ3v) is 4.39. The number of carbonyl (C=O) groups excluding carboxylic acids is 1. The van der Waals surface area contributed by atoms with Crippen molar-refractivity contribution in [3.05, 3.63) is 65.7 Å². The summed E-state index contributed by atoms with van der Waals surface area (Å²) >= 11 is 0. The molecule has 0 aliphatic rings. The number of nitrogens with zero attached hydrogens (tertiary/aromatic N) is 5. The quantitative estimate of drug-likeness (QED) is 0.521. The van der Waals surface area contributed by atoms with E-state index < -0.39 is 5.97 Å². The lowest BCUT2D eigenvalue weighted by Gasteiger charge is -2.07. The molecule has 0 N–H and O–H groups in total. The Bertz CT molecular complexity index is 1200. The van der Waals surface area contributed by atoms with Crippen molar-refractivity contribution in [2.24, 2.45) is 0 Å². The summed E-state index contributed by atoms with van der Waals surface area (Å²) in [6.45, 7) is 4.06. The van der Waals surface area contributed by atoms with Gasteiger partial charge in [-0.05, 0) is 32.0 Å². The number of pyridine rings is 2. The highest BCUT2D eigenvalue weighted by molar-refractivity contribution is 5.93. The van der Waals surface area contributed by atoms with E-state index in [4.69, 9.17) is 4.74 Å². The lowest BCUT2D eigenvalue weighted by atomic mass is 10.2. The van der Waals surface area contributed by atoms with Crippen molar-refractivity contribution < 1.29 is 9.53 Å². The van der Waals surface area contributed by atoms with E-state index in [1.165, 1.54) is 6.20 Å². The number of hydrogen-bond donors (Lipinski definition) is 0. The van der Waals surface area contributed by atoms with Gasteiger partial charge >= 0.3 is 5.97 Å². The highest BCUT2D eigenvalue weighted by atomic mass is 16.5. The molecular weight excluding hydrogens is 342 g/mol. The monoisotopic (exact) mass is 359 g/mol. The Labute approximate surface area is 155 Å². The van der Waals surface area contributed by atoms with Crippen LogP contribution in [0.1, 0.15) is 41.4 Å². The summed E-state index contributed by atoms with van der Waals surface area (Å²) in [5, 5.41) is 14.5. The highest BCUT2D eigenvalue weighted by Crippen LogP contribution is 2.20. The zero-order chi connectivity index (χ0) is 19.0. The zero-order valence-corrected chi connectivity index (χ0v) is 15.0. The number of ether oxygens (including phenoxy) is 1. The first kappa shape index (κ1) is 16.8. The predicted octanol–water partition coefficient (Wildman–Crippen LogP) is 3.49. The van der Waals surface area contributed by atoms with Gasteiger partial charge in [-0.3, -0.25) is 0 Å². The fraction of sp³-hybridized carbons (Fsp3) is 0.200. The molecule has 0 bridgehead atoms. The molecule has 4 heterocycles. The van der Waals surface area contributed by atoms with Gasteiger partial charge in [-0.15, -0.1) is 0 Å². The van der Waals surface area contributed by atoms with Crippen molar-refractivity contribution in [1.29, 1.82) is 5.26 Å². The van der Waals surface area contributed by atoms with Gasteiger partial charge in [-0.1, -0.05) is 6.07 Å². The number of rotatable bonds is 4. The van der Waals surface area contributed by atoms with E-state index in [1.807, 2.05) is 42.6 Å². The molecule has 7 heteroatoms. The van der Waals surface area contributed by atoms with Crippen molar-refractivity contribution in [3.8, 4) is 6.07 Å². The second kappa shape index (κ2) is 6.57. The molecule has 0 spiro atoms. The van der Waals surface area contributed by atoms with E-state index in [1.54, 1.807) is 23.1 Å². The largest absolute Gasteiger partial charge is 0.457 e. The summed E-state index contributed by atoms with van der Waals surface area (Å²) in [5.41, 5.74) is 3.05. The molecule has 0 unspecified atom stereocenters. The minimum Gasteiger partial charge on any atom is -0.457 e. The Morgan fingerprint density at radius 3 is 2.96 bits per heavy atom. The van der Waals surface area contributed by atoms with E-state index in [0.717, 1.165) is 16.6 Å². The summed E-state index contributed by atoms with van der Waals surface area (Å²) in [6, 6.07) is 9.68. The number of hydrogen-bond acceptors (Lipinski definition) is 5. The molecule has 27 heavy (non-hydrogen) atoms. The average molecular weight is 359 g/mol. The first-order valence-corrected chi connectivity index (χ1v) is 8.57. The molecular formula is C20H17N5O2. The van der Waals surface area contributed by atoms with E-state index >= 15 is 0 Å². The minimum absolute atomic E-state index is 0.0205. The number of esters is 1. The molecule has 0 saturated heterocycles. The van der Waals surface area contributed by atoms with Crippen molar-refractivity contribution in [1.82, 2.24) is 19.2 Å². The standard InChI is InChI=1S/C20H17N5O2/c1-13(2)25-19-14(10-23-25)7-15(9-22-19)20(26)27-12-16-11-24-6-4-3-5-18(24)17(16)8-21/h3-7,9-11,13H,12H2,1-2H3. The van der Waals surface area contributed by atoms with Gasteiger partial charge in [-0.2, -0.15) is 10.4 Å². The van der Waals surface area contributed by atoms with E-state index in [2.05, 4.69) is 16.2 Å². The molecule has 0 aromatic carbocycles. The van der Waals surface area contributed by atoms with E-state index in [-0.39, 0.29) is 12.6 Å². The Kier molecular flexibility index (Phi) is 4.09. The van der Waals surface area contributed by atoms with Crippen LogP contribution in [0.5, 0.6) is 0 Å². The Morgan fingerprint density at radius 1 is 1.33 bits per heavy atom. The normalized spacial score (nSPS) is 11.2. The molecule has 4 aromatic rings. The van der Waals surface area contributed by atoms with Crippen LogP contribution in [0.3, 0.4) is 0 Å². The van der Waals surface area contributed by atoms with Crippen LogP contribution in [-0.2, 0) is 11.3 Å². The van der Waals surface area contributed by atoms with Crippen molar-refractivity contribution in [2.75, 3.05) is 0 Å². The van der Waals surface area contributed by atoms with Gasteiger partial charge in [0, 0.05) is 35.6 Å². The molecule has 0 saturated carbocycles. The first-order valence-electron chi connectivity index (χ1n) is 8.57. The molecule has 4 aromatic heterocycles. The number of fused-ring (bicyclic) bond motifs is 2. The predicted molar refractivity (Wildman–Crippen MR) is 99.1 cm³/mol. The molecule has 134 valence electrons. The molecule has 0 radical (unpaired) electrons. The first-order chi connectivity index (χ1) is 13.1. The summed E-state index contributed by atoms with van der Waals surface area (Å²) in [6.07, 6.45) is 6.83. The molecule has 7 nitrogen and oxygen atoms in total. The van der Waals surface area contributed by atoms with Crippen LogP contribution in [0.15, 0.2) is 49.1 Å². The average Bonchev–Trinajstić information content (AvgIpc) is 3.26. The zero-order valence-electron chi connectivity index (χ0n) is 15.0. The molecule has 0 aliphatic heterocycles. The van der Waals surface area contributed by atoms with Gasteiger partial charge < -0.3 is 9.14 Å². The smallest absolute Gasteiger partial charge is 0.340 e. The van der Waals surface area contributed by atoms with Crippen LogP contribution < -0.4 is 0 Å². The van der Waals surface area contributed by atoms with Crippen LogP contribution in [0.2, 0.25) is 0 Å². The number of aromatic nitrogens is 4. The fourth-order valence-corrected chi connectivity index (χ4v) is 3.07. The van der Waals surface area contributed by atoms with Gasteiger partial charge in [0.25, 0.3) is 0 Å². The second-order valence-corrected chi connectivity index (χ2v) is 6.53. The summed E-state index contributed by atoms with van der Waals surface area (Å²) < 4.78 is 9.06. The minimum atomic E-state index is -0.485. The van der Waals surface area contributed by atoms with Crippen LogP contribution in [0.4, 0.5) is 0 Å². The summed E-state index contributed by atoms with van der Waals surface area (Å²) in [4.78, 5) is 16.8. The number of nitriles is 1. The third kappa shape index (κ3) is 2.91. The van der Waals surface area contributed by atoms with Crippen LogP contribution in [0.25, 0.3) is 16.6 Å². The maximum Gasteiger partial charge on any atom is 0.340 e. The summed E-state index contributed by atoms with van der Waals surface area (Å²) in [7, 11) is 0. The third-order valence-electron chi connectivity index (χ3n) is 4.39. The van der Waals surface area contributed by atoms with E-state index in [9.17, 15) is 10.1 Å². The molecule has 0 aliphatic carbocycles. The lowest BCUT2D eigenvalue weighted by Crippen LogP contribution is -2.07. The lowest BCUT2D eigenvalue weighted by molar-refractivity contribution is 0.0472. The number of carbonyl (C=O) groups is 1. The maximum atomic E-state index is 12.4. The van der Waals surface area contributed by atoms with E-state index in [0.29, 0.717) is 16.7 Å². The molecule has 0 fully saturated rings. The van der Waals surface area contributed by atoms with Gasteiger partial charge in [0.2, 0.25) is 0 Å². The van der Waals surface area contributed by atoms with Gasteiger partial charge in [0.05, 0.1) is 22.8 Å². The fourth-order valence-electron chi connectivity index (χ4n) is 3.07. The Morgan fingerprint density at radius 2 is 2.19 bits per heavy atom. The topological polar surface area (TPSA) is 85.2 Å². The van der Waals surface area contributed by atoms with Gasteiger partial charge in [-0.25, -0.2) is 14.5 Å². The van der Waals surface area contributed by atoms with Crippen LogP contribution in [-0.4, -0.2) is 25.1 Å². The van der Waals surface area contributed by atoms with Crippen LogP contribution >= 0.6 is 0 Å². The summed E-state index contributed by atoms with van der Waals surface area (Å²) in [5.74, 6) is -0.485. The highest BCUT2D eigenvalue weighted by Gasteiger charge is 2.15. The SMILES string of the molecule is CC(C)n1ncc2cc(C(=O)OCc3cn4ccccc4c3C#N)cnc21. The van der Waals surface area contributed by atoms with Crippen molar-refractivity contribution in [3.63, 3.8) is 0 Å². The van der Waals surface area contributed by atoms with Crippen molar-refractivity contribution >= 4 is 22.5 Å².